The van der Waals surface area contributed by atoms with Crippen LogP contribution >= 0.6 is 0 Å². The fraction of sp³-hybridized carbons (Fsp3) is 0.467. The summed E-state index contributed by atoms with van der Waals surface area (Å²) < 4.78 is 19.1. The molecule has 0 aromatic heterocycles. The van der Waals surface area contributed by atoms with Gasteiger partial charge >= 0.3 is 6.09 Å². The van der Waals surface area contributed by atoms with E-state index in [0.717, 1.165) is 4.90 Å². The number of carbonyl (C=O) groups excluding carboxylic acids is 2. The summed E-state index contributed by atoms with van der Waals surface area (Å²) in [6.07, 6.45) is -0.132. The van der Waals surface area contributed by atoms with Gasteiger partial charge in [-0.3, -0.25) is 4.90 Å². The monoisotopic (exact) mass is 281 g/mol. The standard InChI is InChI=1S/C15H20FNO3/c1-10-7-6-8-11(16)13(10)12(9-18)17(5)14(19)20-15(2,3)4/h6-9,12H,1-5H3. The summed E-state index contributed by atoms with van der Waals surface area (Å²) in [5.41, 5.74) is 0.122. The summed E-state index contributed by atoms with van der Waals surface area (Å²) in [4.78, 5) is 24.4. The number of nitrogens with zero attached hydrogens (tertiary/aromatic N) is 1. The number of carbonyl (C=O) groups is 2. The SMILES string of the molecule is Cc1cccc(F)c1C(C=O)N(C)C(=O)OC(C)(C)C. The van der Waals surface area contributed by atoms with E-state index in [-0.39, 0.29) is 5.56 Å². The summed E-state index contributed by atoms with van der Waals surface area (Å²) in [6, 6.07) is 3.51. The molecule has 0 saturated heterocycles. The Morgan fingerprint density at radius 3 is 2.45 bits per heavy atom. The van der Waals surface area contributed by atoms with E-state index in [9.17, 15) is 14.0 Å². The molecule has 0 N–H and O–H groups in total. The highest BCUT2D eigenvalue weighted by molar-refractivity contribution is 5.75. The Morgan fingerprint density at radius 2 is 2.00 bits per heavy atom. The first-order valence-corrected chi connectivity index (χ1v) is 6.33. The highest BCUT2D eigenvalue weighted by Crippen LogP contribution is 2.25. The van der Waals surface area contributed by atoms with Crippen molar-refractivity contribution in [2.24, 2.45) is 0 Å². The van der Waals surface area contributed by atoms with Gasteiger partial charge in [-0.05, 0) is 39.3 Å². The minimum Gasteiger partial charge on any atom is -0.444 e. The molecule has 1 aromatic carbocycles. The predicted octanol–water partition coefficient (Wildman–Crippen LogP) is 3.24. The largest absolute Gasteiger partial charge is 0.444 e. The Kier molecular flexibility index (Phi) is 4.87. The molecule has 0 fully saturated rings. The smallest absolute Gasteiger partial charge is 0.410 e. The number of halogens is 1. The molecule has 5 heteroatoms. The van der Waals surface area contributed by atoms with Crippen LogP contribution in [-0.2, 0) is 9.53 Å². The second-order valence-electron chi connectivity index (χ2n) is 5.64. The first-order chi connectivity index (χ1) is 9.17. The summed E-state index contributed by atoms with van der Waals surface area (Å²) in [5.74, 6) is -0.516. The molecule has 4 nitrogen and oxygen atoms in total. The lowest BCUT2D eigenvalue weighted by atomic mass is 10.0. The van der Waals surface area contributed by atoms with Crippen LogP contribution in [0.1, 0.15) is 37.9 Å². The van der Waals surface area contributed by atoms with Crippen LogP contribution in [0, 0.1) is 12.7 Å². The second-order valence-corrected chi connectivity index (χ2v) is 5.64. The third-order valence-electron chi connectivity index (χ3n) is 2.79. The minimum absolute atomic E-state index is 0.191. The van der Waals surface area contributed by atoms with E-state index < -0.39 is 23.6 Å². The van der Waals surface area contributed by atoms with Gasteiger partial charge < -0.3 is 9.53 Å². The number of hydrogen-bond donors (Lipinski definition) is 0. The van der Waals surface area contributed by atoms with Gasteiger partial charge in [-0.25, -0.2) is 9.18 Å². The molecule has 1 aromatic rings. The van der Waals surface area contributed by atoms with Gasteiger partial charge in [-0.2, -0.15) is 0 Å². The molecule has 0 bridgehead atoms. The molecule has 0 spiro atoms. The molecule has 1 unspecified atom stereocenters. The molecule has 0 radical (unpaired) electrons. The molecule has 1 atom stereocenters. The van der Waals surface area contributed by atoms with Crippen LogP contribution in [0.25, 0.3) is 0 Å². The summed E-state index contributed by atoms with van der Waals surface area (Å²) in [6.45, 7) is 6.87. The lowest BCUT2D eigenvalue weighted by Gasteiger charge is -2.29. The van der Waals surface area contributed by atoms with Crippen LogP contribution in [0.3, 0.4) is 0 Å². The zero-order valence-corrected chi connectivity index (χ0v) is 12.4. The second kappa shape index (κ2) is 6.03. The summed E-state index contributed by atoms with van der Waals surface area (Å²) in [7, 11) is 1.42. The van der Waals surface area contributed by atoms with Crippen molar-refractivity contribution in [3.63, 3.8) is 0 Å². The number of rotatable bonds is 3. The van der Waals surface area contributed by atoms with Crippen molar-refractivity contribution in [1.82, 2.24) is 4.90 Å². The van der Waals surface area contributed by atoms with Gasteiger partial charge in [-0.1, -0.05) is 12.1 Å². The number of aldehydes is 1. The topological polar surface area (TPSA) is 46.6 Å². The Morgan fingerprint density at radius 1 is 1.40 bits per heavy atom. The molecule has 0 aliphatic rings. The number of benzene rings is 1. The maximum Gasteiger partial charge on any atom is 0.410 e. The van der Waals surface area contributed by atoms with Gasteiger partial charge in [0.1, 0.15) is 23.7 Å². The van der Waals surface area contributed by atoms with Crippen molar-refractivity contribution in [1.29, 1.82) is 0 Å². The van der Waals surface area contributed by atoms with Gasteiger partial charge in [0.05, 0.1) is 0 Å². The number of hydrogen-bond acceptors (Lipinski definition) is 3. The number of likely N-dealkylation sites (N-methyl/N-ethyl adjacent to an activating group) is 1. The highest BCUT2D eigenvalue weighted by Gasteiger charge is 2.28. The molecule has 0 saturated carbocycles. The van der Waals surface area contributed by atoms with E-state index >= 15 is 0 Å². The minimum atomic E-state index is -1.01. The molecular weight excluding hydrogens is 261 g/mol. The summed E-state index contributed by atoms with van der Waals surface area (Å²) in [5, 5.41) is 0. The lowest BCUT2D eigenvalue weighted by Crippen LogP contribution is -2.37. The number of aryl methyl sites for hydroxylation is 1. The lowest BCUT2D eigenvalue weighted by molar-refractivity contribution is -0.112. The third-order valence-corrected chi connectivity index (χ3v) is 2.79. The van der Waals surface area contributed by atoms with Gasteiger partial charge in [0.2, 0.25) is 0 Å². The average Bonchev–Trinajstić information content (AvgIpc) is 2.31. The van der Waals surface area contributed by atoms with E-state index in [1.54, 1.807) is 39.8 Å². The van der Waals surface area contributed by atoms with Gasteiger partial charge in [-0.15, -0.1) is 0 Å². The first-order valence-electron chi connectivity index (χ1n) is 6.33. The molecular formula is C15H20FNO3. The Bertz CT molecular complexity index is 488. The molecule has 1 rings (SSSR count). The van der Waals surface area contributed by atoms with Crippen LogP contribution in [0.2, 0.25) is 0 Å². The predicted molar refractivity (Wildman–Crippen MR) is 73.9 cm³/mol. The fourth-order valence-electron chi connectivity index (χ4n) is 1.82. The molecule has 0 heterocycles. The average molecular weight is 281 g/mol. The molecule has 110 valence electrons. The van der Waals surface area contributed by atoms with Gasteiger partial charge in [0.15, 0.2) is 0 Å². The zero-order valence-electron chi connectivity index (χ0n) is 12.4. The van der Waals surface area contributed by atoms with Crippen LogP contribution in [0.4, 0.5) is 9.18 Å². The van der Waals surface area contributed by atoms with Gasteiger partial charge in [0.25, 0.3) is 0 Å². The summed E-state index contributed by atoms with van der Waals surface area (Å²) >= 11 is 0. The fourth-order valence-corrected chi connectivity index (χ4v) is 1.82. The van der Waals surface area contributed by atoms with Crippen LogP contribution in [-0.4, -0.2) is 29.9 Å². The molecule has 20 heavy (non-hydrogen) atoms. The van der Waals surface area contributed by atoms with Crippen molar-refractivity contribution in [3.8, 4) is 0 Å². The molecule has 0 aliphatic heterocycles. The Labute approximate surface area is 118 Å². The van der Waals surface area contributed by atoms with Crippen molar-refractivity contribution >= 4 is 12.4 Å². The van der Waals surface area contributed by atoms with Crippen LogP contribution in [0.15, 0.2) is 18.2 Å². The Hall–Kier alpha value is -1.91. The maximum atomic E-state index is 13.9. The number of amides is 1. The van der Waals surface area contributed by atoms with E-state index in [1.807, 2.05) is 0 Å². The van der Waals surface area contributed by atoms with Gasteiger partial charge in [0, 0.05) is 12.6 Å². The van der Waals surface area contributed by atoms with E-state index in [4.69, 9.17) is 4.74 Å². The quantitative estimate of drug-likeness (QED) is 0.799. The van der Waals surface area contributed by atoms with E-state index in [1.165, 1.54) is 13.1 Å². The van der Waals surface area contributed by atoms with E-state index in [0.29, 0.717) is 11.8 Å². The van der Waals surface area contributed by atoms with E-state index in [2.05, 4.69) is 0 Å². The zero-order chi connectivity index (χ0) is 15.5. The van der Waals surface area contributed by atoms with Crippen molar-refractivity contribution in [3.05, 3.63) is 35.1 Å². The molecule has 0 aliphatic carbocycles. The highest BCUT2D eigenvalue weighted by atomic mass is 19.1. The number of ether oxygens (including phenoxy) is 1. The normalized spacial score (nSPS) is 12.7. The third kappa shape index (κ3) is 3.79. The molecule has 1 amide bonds. The van der Waals surface area contributed by atoms with Crippen LogP contribution < -0.4 is 0 Å². The van der Waals surface area contributed by atoms with Crippen molar-refractivity contribution in [2.75, 3.05) is 7.05 Å². The van der Waals surface area contributed by atoms with Crippen molar-refractivity contribution < 1.29 is 18.7 Å². The first kappa shape index (κ1) is 16.1. The van der Waals surface area contributed by atoms with Crippen molar-refractivity contribution in [2.45, 2.75) is 39.3 Å². The van der Waals surface area contributed by atoms with Crippen LogP contribution in [0.5, 0.6) is 0 Å². The maximum absolute atomic E-state index is 13.9. The Balaban J connectivity index is 3.08.